The van der Waals surface area contributed by atoms with Crippen LogP contribution in [0.15, 0.2) is 41.0 Å². The minimum absolute atomic E-state index is 0.544. The molecule has 0 fully saturated rings. The van der Waals surface area contributed by atoms with Crippen LogP contribution in [0, 0.1) is 6.92 Å². The number of hydrogen-bond donors (Lipinski definition) is 1. The summed E-state index contributed by atoms with van der Waals surface area (Å²) >= 11 is 3.46. The largest absolute Gasteiger partial charge is 0.372 e. The third-order valence-corrected chi connectivity index (χ3v) is 3.91. The third-order valence-electron chi connectivity index (χ3n) is 2.96. The fourth-order valence-corrected chi connectivity index (χ4v) is 2.27. The van der Waals surface area contributed by atoms with Gasteiger partial charge in [0.1, 0.15) is 5.82 Å². The van der Waals surface area contributed by atoms with Crippen LogP contribution in [0.3, 0.4) is 0 Å². The molecule has 0 saturated heterocycles. The number of rotatable bonds is 3. The quantitative estimate of drug-likeness (QED) is 0.791. The molecule has 6 nitrogen and oxygen atoms in total. The van der Waals surface area contributed by atoms with Gasteiger partial charge < -0.3 is 5.32 Å². The molecule has 0 radical (unpaired) electrons. The molecule has 21 heavy (non-hydrogen) atoms. The van der Waals surface area contributed by atoms with E-state index in [0.717, 1.165) is 21.7 Å². The van der Waals surface area contributed by atoms with Crippen molar-refractivity contribution in [1.82, 2.24) is 25.0 Å². The number of hydrogen-bond acceptors (Lipinski definition) is 5. The summed E-state index contributed by atoms with van der Waals surface area (Å²) in [5.41, 5.74) is 2.37. The molecule has 0 aliphatic carbocycles. The van der Waals surface area contributed by atoms with Gasteiger partial charge in [0.05, 0.1) is 22.1 Å². The molecular weight excluding hydrogens is 332 g/mol. The van der Waals surface area contributed by atoms with E-state index in [2.05, 4.69) is 41.4 Å². The van der Waals surface area contributed by atoms with Crippen molar-refractivity contribution in [3.63, 3.8) is 0 Å². The Balaban J connectivity index is 2.03. The van der Waals surface area contributed by atoms with E-state index in [4.69, 9.17) is 0 Å². The van der Waals surface area contributed by atoms with Crippen LogP contribution in [-0.4, -0.2) is 32.0 Å². The summed E-state index contributed by atoms with van der Waals surface area (Å²) in [5, 5.41) is 11.7. The average molecular weight is 345 g/mol. The number of nitrogens with zero attached hydrogens (tertiary/aromatic N) is 5. The first kappa shape index (κ1) is 13.7. The predicted octanol–water partition coefficient (Wildman–Crippen LogP) is 2.84. The van der Waals surface area contributed by atoms with Crippen molar-refractivity contribution in [2.45, 2.75) is 6.92 Å². The maximum atomic E-state index is 4.44. The van der Waals surface area contributed by atoms with Gasteiger partial charge in [-0.15, -0.1) is 5.10 Å². The number of nitrogens with one attached hydrogen (secondary N) is 1. The van der Waals surface area contributed by atoms with E-state index in [9.17, 15) is 0 Å². The number of aryl methyl sites for hydroxylation is 1. The second kappa shape index (κ2) is 5.61. The molecule has 0 bridgehead atoms. The van der Waals surface area contributed by atoms with Gasteiger partial charge in [0, 0.05) is 7.05 Å². The van der Waals surface area contributed by atoms with E-state index in [1.165, 1.54) is 0 Å². The Morgan fingerprint density at radius 3 is 2.62 bits per heavy atom. The monoisotopic (exact) mass is 344 g/mol. The molecule has 0 atom stereocenters. The maximum absolute atomic E-state index is 4.44. The highest BCUT2D eigenvalue weighted by Crippen LogP contribution is 2.25. The van der Waals surface area contributed by atoms with Crippen molar-refractivity contribution in [3.8, 4) is 17.2 Å². The number of para-hydroxylation sites is 1. The first-order valence-electron chi connectivity index (χ1n) is 6.39. The zero-order chi connectivity index (χ0) is 14.8. The molecule has 0 unspecified atom stereocenters. The van der Waals surface area contributed by atoms with Crippen LogP contribution in [0.5, 0.6) is 0 Å². The van der Waals surface area contributed by atoms with Crippen LogP contribution in [0.4, 0.5) is 5.82 Å². The second-order valence-electron chi connectivity index (χ2n) is 4.40. The SMILES string of the molecule is CNc1nc(-c2cnn(-c3ccccc3)n2)nc(C)c1Br. The first-order chi connectivity index (χ1) is 10.2. The lowest BCUT2D eigenvalue weighted by Gasteiger charge is -2.06. The van der Waals surface area contributed by atoms with Crippen molar-refractivity contribution in [3.05, 3.63) is 46.7 Å². The van der Waals surface area contributed by atoms with Gasteiger partial charge in [-0.3, -0.25) is 0 Å². The van der Waals surface area contributed by atoms with Gasteiger partial charge in [0.25, 0.3) is 0 Å². The summed E-state index contributed by atoms with van der Waals surface area (Å²) in [7, 11) is 1.82. The average Bonchev–Trinajstić information content (AvgIpc) is 3.00. The minimum atomic E-state index is 0.544. The van der Waals surface area contributed by atoms with Gasteiger partial charge >= 0.3 is 0 Å². The fourth-order valence-electron chi connectivity index (χ4n) is 1.89. The molecule has 0 aliphatic rings. The van der Waals surface area contributed by atoms with E-state index >= 15 is 0 Å². The van der Waals surface area contributed by atoms with Crippen LogP contribution in [-0.2, 0) is 0 Å². The van der Waals surface area contributed by atoms with Crippen LogP contribution < -0.4 is 5.32 Å². The second-order valence-corrected chi connectivity index (χ2v) is 5.19. The Labute approximate surface area is 130 Å². The molecule has 3 aromatic rings. The summed E-state index contributed by atoms with van der Waals surface area (Å²) in [6.45, 7) is 1.91. The molecule has 2 heterocycles. The number of aromatic nitrogens is 5. The highest BCUT2D eigenvalue weighted by molar-refractivity contribution is 9.10. The Hall–Kier alpha value is -2.28. The molecule has 0 spiro atoms. The summed E-state index contributed by atoms with van der Waals surface area (Å²) in [4.78, 5) is 10.5. The van der Waals surface area contributed by atoms with Gasteiger partial charge in [0.15, 0.2) is 11.5 Å². The summed E-state index contributed by atoms with van der Waals surface area (Å²) in [6, 6.07) is 9.72. The predicted molar refractivity (Wildman–Crippen MR) is 84.4 cm³/mol. The van der Waals surface area contributed by atoms with Crippen LogP contribution >= 0.6 is 15.9 Å². The van der Waals surface area contributed by atoms with Gasteiger partial charge in [-0.2, -0.15) is 9.90 Å². The summed E-state index contributed by atoms with van der Waals surface area (Å²) < 4.78 is 0.851. The number of benzene rings is 1. The number of halogens is 1. The Bertz CT molecular complexity index is 768. The van der Waals surface area contributed by atoms with E-state index in [-0.39, 0.29) is 0 Å². The maximum Gasteiger partial charge on any atom is 0.184 e. The van der Waals surface area contributed by atoms with Crippen molar-refractivity contribution in [2.24, 2.45) is 0 Å². The molecule has 106 valence electrons. The molecule has 3 rings (SSSR count). The summed E-state index contributed by atoms with van der Waals surface area (Å²) in [6.07, 6.45) is 1.66. The van der Waals surface area contributed by atoms with Crippen molar-refractivity contribution < 1.29 is 0 Å². The zero-order valence-corrected chi connectivity index (χ0v) is 13.2. The standard InChI is InChI=1S/C14H13BrN6/c1-9-12(15)14(16-2)19-13(18-9)11-8-17-21(20-11)10-6-4-3-5-7-10/h3-8H,1-2H3,(H,16,18,19). The van der Waals surface area contributed by atoms with Crippen molar-refractivity contribution in [2.75, 3.05) is 12.4 Å². The van der Waals surface area contributed by atoms with Gasteiger partial charge in [-0.25, -0.2) is 9.97 Å². The molecular formula is C14H13BrN6. The lowest BCUT2D eigenvalue weighted by molar-refractivity contribution is 0.752. The Kier molecular flexibility index (Phi) is 3.66. The van der Waals surface area contributed by atoms with Crippen LogP contribution in [0.25, 0.3) is 17.2 Å². The lowest BCUT2D eigenvalue weighted by atomic mass is 10.3. The van der Waals surface area contributed by atoms with Gasteiger partial charge in [-0.05, 0) is 35.0 Å². The van der Waals surface area contributed by atoms with Gasteiger partial charge in [-0.1, -0.05) is 18.2 Å². The topological polar surface area (TPSA) is 68.5 Å². The highest BCUT2D eigenvalue weighted by atomic mass is 79.9. The molecule has 0 amide bonds. The number of anilines is 1. The van der Waals surface area contributed by atoms with E-state index < -0.39 is 0 Å². The fraction of sp³-hybridized carbons (Fsp3) is 0.143. The molecule has 1 aromatic carbocycles. The minimum Gasteiger partial charge on any atom is -0.372 e. The molecule has 0 aliphatic heterocycles. The van der Waals surface area contributed by atoms with Crippen LogP contribution in [0.1, 0.15) is 5.69 Å². The third kappa shape index (κ3) is 2.64. The molecule has 0 saturated carbocycles. The smallest absolute Gasteiger partial charge is 0.184 e. The first-order valence-corrected chi connectivity index (χ1v) is 7.18. The zero-order valence-electron chi connectivity index (χ0n) is 11.6. The van der Waals surface area contributed by atoms with E-state index in [1.807, 2.05) is 44.3 Å². The lowest BCUT2D eigenvalue weighted by Crippen LogP contribution is -2.02. The highest BCUT2D eigenvalue weighted by Gasteiger charge is 2.13. The molecule has 1 N–H and O–H groups in total. The van der Waals surface area contributed by atoms with E-state index in [0.29, 0.717) is 11.5 Å². The van der Waals surface area contributed by atoms with Gasteiger partial charge in [0.2, 0.25) is 0 Å². The Morgan fingerprint density at radius 2 is 1.90 bits per heavy atom. The normalized spacial score (nSPS) is 10.6. The Morgan fingerprint density at radius 1 is 1.14 bits per heavy atom. The molecule has 7 heteroatoms. The van der Waals surface area contributed by atoms with E-state index in [1.54, 1.807) is 11.0 Å². The van der Waals surface area contributed by atoms with Crippen molar-refractivity contribution in [1.29, 1.82) is 0 Å². The van der Waals surface area contributed by atoms with Crippen molar-refractivity contribution >= 4 is 21.7 Å². The molecule has 2 aromatic heterocycles. The summed E-state index contributed by atoms with van der Waals surface area (Å²) in [5.74, 6) is 1.27. The van der Waals surface area contributed by atoms with Crippen LogP contribution in [0.2, 0.25) is 0 Å².